The first-order valence-corrected chi connectivity index (χ1v) is 4.45. The normalized spacial score (nSPS) is 14.4. The Balaban J connectivity index is 3.01. The molecule has 18 heavy (non-hydrogen) atoms. The summed E-state index contributed by atoms with van der Waals surface area (Å²) in [4.78, 5) is 5.67. The van der Waals surface area contributed by atoms with Crippen molar-refractivity contribution in [1.82, 2.24) is 9.97 Å². The Bertz CT molecular complexity index is 430. The first-order chi connectivity index (χ1) is 8.00. The number of alkyl halides is 6. The van der Waals surface area contributed by atoms with Crippen molar-refractivity contribution in [3.05, 3.63) is 11.9 Å². The van der Waals surface area contributed by atoms with Gasteiger partial charge in [0.2, 0.25) is 11.7 Å². The molecule has 1 heterocycles. The summed E-state index contributed by atoms with van der Waals surface area (Å²) in [5.41, 5.74) is 5.03. The molecule has 10 heteroatoms. The lowest BCUT2D eigenvalue weighted by atomic mass is 10.4. The zero-order valence-electron chi connectivity index (χ0n) is 8.80. The van der Waals surface area contributed by atoms with E-state index >= 15 is 0 Å². The van der Waals surface area contributed by atoms with E-state index in [1.807, 2.05) is 0 Å². The van der Waals surface area contributed by atoms with Crippen molar-refractivity contribution in [1.29, 1.82) is 0 Å². The van der Waals surface area contributed by atoms with Crippen LogP contribution < -0.4 is 10.5 Å². The quantitative estimate of drug-likeness (QED) is 0.842. The molecule has 0 radical (unpaired) electrons. The minimum Gasteiger partial charge on any atom is -0.465 e. The molecule has 102 valence electrons. The third-order valence-electron chi connectivity index (χ3n) is 1.73. The molecule has 1 aromatic heterocycles. The molecule has 1 unspecified atom stereocenters. The van der Waals surface area contributed by atoms with E-state index in [1.54, 1.807) is 0 Å². The average molecular weight is 275 g/mol. The fraction of sp³-hybridized carbons (Fsp3) is 0.500. The molecule has 0 fully saturated rings. The summed E-state index contributed by atoms with van der Waals surface area (Å²) in [6.07, 6.45) is -12.0. The number of nitrogen functional groups attached to an aromatic ring is 1. The van der Waals surface area contributed by atoms with E-state index in [0.717, 1.165) is 0 Å². The van der Waals surface area contributed by atoms with Crippen LogP contribution in [-0.2, 0) is 6.18 Å². The monoisotopic (exact) mass is 275 g/mol. The second kappa shape index (κ2) is 4.50. The third kappa shape index (κ3) is 3.64. The number of anilines is 1. The maximum absolute atomic E-state index is 12.3. The van der Waals surface area contributed by atoms with Crippen molar-refractivity contribution >= 4 is 5.82 Å². The van der Waals surface area contributed by atoms with Gasteiger partial charge in [-0.2, -0.15) is 31.3 Å². The van der Waals surface area contributed by atoms with Crippen LogP contribution >= 0.6 is 0 Å². The maximum Gasteiger partial charge on any atom is 0.451 e. The van der Waals surface area contributed by atoms with E-state index < -0.39 is 36.0 Å². The summed E-state index contributed by atoms with van der Waals surface area (Å²) in [5.74, 6) is -3.19. The van der Waals surface area contributed by atoms with Crippen LogP contribution in [0.3, 0.4) is 0 Å². The van der Waals surface area contributed by atoms with E-state index in [-0.39, 0.29) is 0 Å². The topological polar surface area (TPSA) is 61.0 Å². The van der Waals surface area contributed by atoms with Crippen LogP contribution in [0.4, 0.5) is 32.2 Å². The van der Waals surface area contributed by atoms with Crippen LogP contribution in [0.2, 0.25) is 0 Å². The highest BCUT2D eigenvalue weighted by Crippen LogP contribution is 2.30. The van der Waals surface area contributed by atoms with Gasteiger partial charge in [-0.25, -0.2) is 4.98 Å². The molecule has 0 amide bonds. The Morgan fingerprint density at radius 2 is 1.72 bits per heavy atom. The number of hydrogen-bond acceptors (Lipinski definition) is 4. The van der Waals surface area contributed by atoms with Gasteiger partial charge in [-0.1, -0.05) is 0 Å². The number of halogens is 6. The minimum atomic E-state index is -4.92. The highest BCUT2D eigenvalue weighted by molar-refractivity contribution is 5.33. The van der Waals surface area contributed by atoms with E-state index in [1.165, 1.54) is 0 Å². The SMILES string of the molecule is CC(Oc1cc(N)nc(C(F)(F)F)n1)C(F)(F)F. The van der Waals surface area contributed by atoms with Gasteiger partial charge in [-0.3, -0.25) is 0 Å². The van der Waals surface area contributed by atoms with Crippen LogP contribution in [0.1, 0.15) is 12.7 Å². The first-order valence-electron chi connectivity index (χ1n) is 4.45. The number of nitrogens with zero attached hydrogens (tertiary/aromatic N) is 2. The van der Waals surface area contributed by atoms with Gasteiger partial charge in [0.1, 0.15) is 5.82 Å². The molecule has 0 aliphatic rings. The molecule has 0 aliphatic heterocycles. The third-order valence-corrected chi connectivity index (χ3v) is 1.73. The summed E-state index contributed by atoms with van der Waals surface area (Å²) < 4.78 is 77.5. The molecular weight excluding hydrogens is 268 g/mol. The van der Waals surface area contributed by atoms with Gasteiger partial charge in [0, 0.05) is 6.07 Å². The van der Waals surface area contributed by atoms with Crippen molar-refractivity contribution < 1.29 is 31.1 Å². The minimum absolute atomic E-state index is 0.631. The van der Waals surface area contributed by atoms with Gasteiger partial charge >= 0.3 is 12.4 Å². The van der Waals surface area contributed by atoms with Crippen molar-refractivity contribution in [2.24, 2.45) is 0 Å². The summed E-state index contributed by atoms with van der Waals surface area (Å²) in [7, 11) is 0. The Morgan fingerprint density at radius 1 is 1.17 bits per heavy atom. The predicted octanol–water partition coefficient (Wildman–Crippen LogP) is 2.41. The molecule has 0 aromatic carbocycles. The number of aromatic nitrogens is 2. The van der Waals surface area contributed by atoms with E-state index in [0.29, 0.717) is 13.0 Å². The standard InChI is InChI=1S/C8H7F6N3O/c1-3(7(9,10)11)18-5-2-4(15)16-6(17-5)8(12,13)14/h2-3H,1H3,(H2,15,16,17). The van der Waals surface area contributed by atoms with Crippen LogP contribution in [0.15, 0.2) is 6.07 Å². The Kier molecular flexibility index (Phi) is 3.58. The number of nitrogens with two attached hydrogens (primary N) is 1. The molecule has 0 saturated carbocycles. The molecule has 4 nitrogen and oxygen atoms in total. The number of hydrogen-bond donors (Lipinski definition) is 1. The molecule has 0 aliphatic carbocycles. The fourth-order valence-corrected chi connectivity index (χ4v) is 0.878. The smallest absolute Gasteiger partial charge is 0.451 e. The second-order valence-corrected chi connectivity index (χ2v) is 3.25. The van der Waals surface area contributed by atoms with Crippen molar-refractivity contribution in [3.63, 3.8) is 0 Å². The van der Waals surface area contributed by atoms with E-state index in [9.17, 15) is 26.3 Å². The van der Waals surface area contributed by atoms with Crippen molar-refractivity contribution in [3.8, 4) is 5.88 Å². The molecule has 1 atom stereocenters. The Hall–Kier alpha value is -1.74. The molecular formula is C8H7F6N3O. The zero-order valence-corrected chi connectivity index (χ0v) is 8.80. The van der Waals surface area contributed by atoms with Crippen molar-refractivity contribution in [2.45, 2.75) is 25.4 Å². The highest BCUT2D eigenvalue weighted by Gasteiger charge is 2.39. The summed E-state index contributed by atoms with van der Waals surface area (Å²) in [6.45, 7) is 0.631. The second-order valence-electron chi connectivity index (χ2n) is 3.25. The average Bonchev–Trinajstić information content (AvgIpc) is 2.13. The predicted molar refractivity (Wildman–Crippen MR) is 47.6 cm³/mol. The molecule has 1 aromatic rings. The Labute approximate surface area is 96.8 Å². The summed E-state index contributed by atoms with van der Waals surface area (Å²) >= 11 is 0. The first kappa shape index (κ1) is 14.3. The molecule has 1 rings (SSSR count). The van der Waals surface area contributed by atoms with Gasteiger partial charge in [-0.15, -0.1) is 0 Å². The lowest BCUT2D eigenvalue weighted by Crippen LogP contribution is -2.31. The molecule has 2 N–H and O–H groups in total. The van der Waals surface area contributed by atoms with E-state index in [2.05, 4.69) is 14.7 Å². The largest absolute Gasteiger partial charge is 0.465 e. The van der Waals surface area contributed by atoms with Crippen LogP contribution in [0.5, 0.6) is 5.88 Å². The molecule has 0 bridgehead atoms. The highest BCUT2D eigenvalue weighted by atomic mass is 19.4. The molecule has 0 saturated heterocycles. The van der Waals surface area contributed by atoms with Crippen LogP contribution in [0.25, 0.3) is 0 Å². The van der Waals surface area contributed by atoms with Gasteiger partial charge in [0.05, 0.1) is 0 Å². The molecule has 0 spiro atoms. The zero-order chi connectivity index (χ0) is 14.1. The van der Waals surface area contributed by atoms with Gasteiger partial charge in [0.15, 0.2) is 6.10 Å². The van der Waals surface area contributed by atoms with Crippen molar-refractivity contribution in [2.75, 3.05) is 5.73 Å². The van der Waals surface area contributed by atoms with Gasteiger partial charge in [-0.05, 0) is 6.92 Å². The van der Waals surface area contributed by atoms with Crippen LogP contribution in [0, 0.1) is 0 Å². The lowest BCUT2D eigenvalue weighted by Gasteiger charge is -2.17. The summed E-state index contributed by atoms with van der Waals surface area (Å²) in [6, 6.07) is 0.678. The Morgan fingerprint density at radius 3 is 2.17 bits per heavy atom. The fourth-order valence-electron chi connectivity index (χ4n) is 0.878. The maximum atomic E-state index is 12.3. The lowest BCUT2D eigenvalue weighted by molar-refractivity contribution is -0.190. The van der Waals surface area contributed by atoms with Gasteiger partial charge in [0.25, 0.3) is 0 Å². The van der Waals surface area contributed by atoms with Gasteiger partial charge < -0.3 is 10.5 Å². The summed E-state index contributed by atoms with van der Waals surface area (Å²) in [5, 5.41) is 0. The number of ether oxygens (including phenoxy) is 1. The van der Waals surface area contributed by atoms with Crippen LogP contribution in [-0.4, -0.2) is 22.2 Å². The van der Waals surface area contributed by atoms with E-state index in [4.69, 9.17) is 5.73 Å². The number of rotatable bonds is 2.